The summed E-state index contributed by atoms with van der Waals surface area (Å²) in [6, 6.07) is 8.04. The molecule has 104 valence electrons. The van der Waals surface area contributed by atoms with Crippen LogP contribution >= 0.6 is 0 Å². The molecule has 2 rings (SSSR count). The first kappa shape index (κ1) is 13.9. The molecule has 0 aromatic heterocycles. The maximum absolute atomic E-state index is 11.0. The molecule has 2 unspecified atom stereocenters. The van der Waals surface area contributed by atoms with Gasteiger partial charge < -0.3 is 9.84 Å². The highest BCUT2D eigenvalue weighted by molar-refractivity contribution is 5.69. The lowest BCUT2D eigenvalue weighted by atomic mass is 9.89. The van der Waals surface area contributed by atoms with Gasteiger partial charge in [-0.15, -0.1) is 0 Å². The van der Waals surface area contributed by atoms with E-state index in [4.69, 9.17) is 9.84 Å². The predicted octanol–water partition coefficient (Wildman–Crippen LogP) is 2.55. The predicted molar refractivity (Wildman–Crippen MR) is 73.3 cm³/mol. The van der Waals surface area contributed by atoms with Crippen molar-refractivity contribution in [3.05, 3.63) is 29.8 Å². The lowest BCUT2D eigenvalue weighted by Gasteiger charge is -2.38. The van der Waals surface area contributed by atoms with Gasteiger partial charge in [0, 0.05) is 18.2 Å². The monoisotopic (exact) mass is 263 g/mol. The van der Waals surface area contributed by atoms with E-state index in [0.717, 1.165) is 30.7 Å². The Hall–Kier alpha value is -1.55. The molecule has 4 nitrogen and oxygen atoms in total. The summed E-state index contributed by atoms with van der Waals surface area (Å²) in [5.74, 6) is 0.622. The normalized spacial score (nSPS) is 24.1. The minimum absolute atomic E-state index is 0.0903. The van der Waals surface area contributed by atoms with E-state index in [2.05, 4.69) is 6.92 Å². The molecule has 0 aliphatic carbocycles. The van der Waals surface area contributed by atoms with Crippen molar-refractivity contribution in [3.8, 4) is 5.75 Å². The lowest BCUT2D eigenvalue weighted by molar-refractivity contribution is -0.139. The van der Waals surface area contributed by atoms with E-state index in [-0.39, 0.29) is 12.6 Å². The van der Waals surface area contributed by atoms with E-state index in [0.29, 0.717) is 5.92 Å². The average molecular weight is 263 g/mol. The molecule has 1 fully saturated rings. The molecule has 1 aliphatic heterocycles. The van der Waals surface area contributed by atoms with Crippen LogP contribution in [0.25, 0.3) is 0 Å². The Kier molecular flexibility index (Phi) is 4.43. The maximum atomic E-state index is 11.0. The third-order valence-electron chi connectivity index (χ3n) is 3.76. The number of para-hydroxylation sites is 1. The summed E-state index contributed by atoms with van der Waals surface area (Å²) in [4.78, 5) is 13.1. The molecule has 4 heteroatoms. The summed E-state index contributed by atoms with van der Waals surface area (Å²) in [5.41, 5.74) is 1.10. The standard InChI is InChI=1S/C15H21NO3/c1-11-7-8-13(16(9-11)10-15(17)18)12-5-3-4-6-14(12)19-2/h3-6,11,13H,7-10H2,1-2H3,(H,17,18). The molecular formula is C15H21NO3. The first-order chi connectivity index (χ1) is 9.11. The van der Waals surface area contributed by atoms with Gasteiger partial charge in [-0.1, -0.05) is 25.1 Å². The number of methoxy groups -OCH3 is 1. The first-order valence-electron chi connectivity index (χ1n) is 6.70. The molecule has 0 radical (unpaired) electrons. The van der Waals surface area contributed by atoms with E-state index in [1.807, 2.05) is 29.2 Å². The minimum atomic E-state index is -0.769. The van der Waals surface area contributed by atoms with Crippen molar-refractivity contribution in [3.63, 3.8) is 0 Å². The molecule has 19 heavy (non-hydrogen) atoms. The van der Waals surface area contributed by atoms with Gasteiger partial charge in [0.15, 0.2) is 0 Å². The Morgan fingerprint density at radius 1 is 1.42 bits per heavy atom. The van der Waals surface area contributed by atoms with Gasteiger partial charge >= 0.3 is 5.97 Å². The number of carboxylic acid groups (broad SMARTS) is 1. The topological polar surface area (TPSA) is 49.8 Å². The largest absolute Gasteiger partial charge is 0.496 e. The summed E-state index contributed by atoms with van der Waals surface area (Å²) in [5, 5.41) is 9.07. The molecular weight excluding hydrogens is 242 g/mol. The van der Waals surface area contributed by atoms with Crippen molar-refractivity contribution in [2.24, 2.45) is 5.92 Å². The number of piperidine rings is 1. The fourth-order valence-electron chi connectivity index (χ4n) is 2.89. The number of hydrogen-bond donors (Lipinski definition) is 1. The van der Waals surface area contributed by atoms with Crippen LogP contribution in [0.3, 0.4) is 0 Å². The van der Waals surface area contributed by atoms with Gasteiger partial charge in [-0.05, 0) is 24.8 Å². The van der Waals surface area contributed by atoms with Crippen LogP contribution in [0.2, 0.25) is 0 Å². The molecule has 1 heterocycles. The Balaban J connectivity index is 2.26. The number of nitrogens with zero attached hydrogens (tertiary/aromatic N) is 1. The lowest BCUT2D eigenvalue weighted by Crippen LogP contribution is -2.40. The smallest absolute Gasteiger partial charge is 0.317 e. The highest BCUT2D eigenvalue weighted by Gasteiger charge is 2.30. The van der Waals surface area contributed by atoms with Gasteiger partial charge in [0.2, 0.25) is 0 Å². The van der Waals surface area contributed by atoms with Crippen molar-refractivity contribution in [2.45, 2.75) is 25.8 Å². The van der Waals surface area contributed by atoms with Crippen LogP contribution in [0, 0.1) is 5.92 Å². The zero-order valence-corrected chi connectivity index (χ0v) is 11.5. The zero-order chi connectivity index (χ0) is 13.8. The van der Waals surface area contributed by atoms with Crippen molar-refractivity contribution in [1.82, 2.24) is 4.90 Å². The van der Waals surface area contributed by atoms with Crippen molar-refractivity contribution < 1.29 is 14.6 Å². The molecule has 1 aromatic carbocycles. The third kappa shape index (κ3) is 3.26. The maximum Gasteiger partial charge on any atom is 0.317 e. The van der Waals surface area contributed by atoms with E-state index >= 15 is 0 Å². The van der Waals surface area contributed by atoms with Crippen molar-refractivity contribution in [2.75, 3.05) is 20.2 Å². The number of rotatable bonds is 4. The van der Waals surface area contributed by atoms with E-state index in [9.17, 15) is 4.79 Å². The highest BCUT2D eigenvalue weighted by Crippen LogP contribution is 2.37. The fraction of sp³-hybridized carbons (Fsp3) is 0.533. The molecule has 1 aromatic rings. The van der Waals surface area contributed by atoms with Crippen molar-refractivity contribution in [1.29, 1.82) is 0 Å². The van der Waals surface area contributed by atoms with Crippen LogP contribution in [-0.2, 0) is 4.79 Å². The molecule has 1 N–H and O–H groups in total. The zero-order valence-electron chi connectivity index (χ0n) is 11.5. The molecule has 2 atom stereocenters. The number of likely N-dealkylation sites (tertiary alicyclic amines) is 1. The average Bonchev–Trinajstić information content (AvgIpc) is 2.38. The third-order valence-corrected chi connectivity index (χ3v) is 3.76. The first-order valence-corrected chi connectivity index (χ1v) is 6.70. The molecule has 1 aliphatic rings. The summed E-state index contributed by atoms with van der Waals surface area (Å²) >= 11 is 0. The Morgan fingerprint density at radius 2 is 2.16 bits per heavy atom. The summed E-state index contributed by atoms with van der Waals surface area (Å²) in [7, 11) is 1.66. The fourth-order valence-corrected chi connectivity index (χ4v) is 2.89. The van der Waals surface area contributed by atoms with Crippen LogP contribution in [0.1, 0.15) is 31.4 Å². The van der Waals surface area contributed by atoms with Crippen LogP contribution in [-0.4, -0.2) is 36.2 Å². The summed E-state index contributed by atoms with van der Waals surface area (Å²) < 4.78 is 5.40. The van der Waals surface area contributed by atoms with Crippen molar-refractivity contribution >= 4 is 5.97 Å². The number of ether oxygens (including phenoxy) is 1. The van der Waals surface area contributed by atoms with Crippen LogP contribution in [0.15, 0.2) is 24.3 Å². The van der Waals surface area contributed by atoms with Gasteiger partial charge in [-0.3, -0.25) is 9.69 Å². The Bertz CT molecular complexity index is 447. The molecule has 0 spiro atoms. The number of aliphatic carboxylic acids is 1. The second-order valence-electron chi connectivity index (χ2n) is 5.26. The van der Waals surface area contributed by atoms with E-state index < -0.39 is 5.97 Å². The van der Waals surface area contributed by atoms with Gasteiger partial charge in [-0.2, -0.15) is 0 Å². The van der Waals surface area contributed by atoms with Gasteiger partial charge in [-0.25, -0.2) is 0 Å². The van der Waals surface area contributed by atoms with Crippen LogP contribution < -0.4 is 4.74 Å². The quantitative estimate of drug-likeness (QED) is 0.907. The Morgan fingerprint density at radius 3 is 2.84 bits per heavy atom. The molecule has 1 saturated heterocycles. The number of carboxylic acids is 1. The van der Waals surface area contributed by atoms with Gasteiger partial charge in [0.1, 0.15) is 5.75 Å². The minimum Gasteiger partial charge on any atom is -0.496 e. The second-order valence-corrected chi connectivity index (χ2v) is 5.26. The van der Waals surface area contributed by atoms with Crippen LogP contribution in [0.4, 0.5) is 0 Å². The number of hydrogen-bond acceptors (Lipinski definition) is 3. The summed E-state index contributed by atoms with van der Waals surface area (Å²) in [6.07, 6.45) is 2.10. The summed E-state index contributed by atoms with van der Waals surface area (Å²) in [6.45, 7) is 3.09. The van der Waals surface area contributed by atoms with Gasteiger partial charge in [0.25, 0.3) is 0 Å². The molecule has 0 bridgehead atoms. The second kappa shape index (κ2) is 6.06. The Labute approximate surface area is 114 Å². The molecule has 0 amide bonds. The molecule has 0 saturated carbocycles. The number of benzene rings is 1. The number of carbonyl (C=O) groups is 1. The van der Waals surface area contributed by atoms with E-state index in [1.165, 1.54) is 0 Å². The van der Waals surface area contributed by atoms with Gasteiger partial charge in [0.05, 0.1) is 13.7 Å². The van der Waals surface area contributed by atoms with E-state index in [1.54, 1.807) is 7.11 Å². The van der Waals surface area contributed by atoms with Crippen LogP contribution in [0.5, 0.6) is 5.75 Å². The SMILES string of the molecule is COc1ccccc1C1CCC(C)CN1CC(=O)O. The highest BCUT2D eigenvalue weighted by atomic mass is 16.5.